The number of hydrogen-bond acceptors (Lipinski definition) is 3. The Labute approximate surface area is 123 Å². The lowest BCUT2D eigenvalue weighted by atomic mass is 9.99. The first kappa shape index (κ1) is 14.8. The van der Waals surface area contributed by atoms with Gasteiger partial charge in [-0.2, -0.15) is 0 Å². The Morgan fingerprint density at radius 1 is 1.42 bits per heavy atom. The van der Waals surface area contributed by atoms with Crippen molar-refractivity contribution in [1.82, 2.24) is 0 Å². The van der Waals surface area contributed by atoms with Gasteiger partial charge < -0.3 is 14.7 Å². The molecule has 1 atom stereocenters. The Balaban J connectivity index is 2.12. The SMILES string of the molecule is CC(O)c1ccc(Br)cc1N(C)CC1CCOCC1. The first-order valence-corrected chi connectivity index (χ1v) is 7.63. The van der Waals surface area contributed by atoms with Crippen molar-refractivity contribution in [1.29, 1.82) is 0 Å². The van der Waals surface area contributed by atoms with Gasteiger partial charge in [0.2, 0.25) is 0 Å². The van der Waals surface area contributed by atoms with Gasteiger partial charge in [0.15, 0.2) is 0 Å². The summed E-state index contributed by atoms with van der Waals surface area (Å²) in [7, 11) is 2.10. The minimum Gasteiger partial charge on any atom is -0.389 e. The molecule has 1 N–H and O–H groups in total. The van der Waals surface area contributed by atoms with Crippen molar-refractivity contribution in [2.45, 2.75) is 25.9 Å². The fraction of sp³-hybridized carbons (Fsp3) is 0.600. The number of rotatable bonds is 4. The van der Waals surface area contributed by atoms with Crippen LogP contribution in [0.3, 0.4) is 0 Å². The molecule has 4 heteroatoms. The van der Waals surface area contributed by atoms with Crippen LogP contribution in [0, 0.1) is 5.92 Å². The van der Waals surface area contributed by atoms with Gasteiger partial charge >= 0.3 is 0 Å². The van der Waals surface area contributed by atoms with Gasteiger partial charge in [0.25, 0.3) is 0 Å². The molecule has 0 saturated carbocycles. The number of ether oxygens (including phenoxy) is 1. The van der Waals surface area contributed by atoms with Crippen molar-refractivity contribution in [2.24, 2.45) is 5.92 Å². The summed E-state index contributed by atoms with van der Waals surface area (Å²) in [6, 6.07) is 6.06. The van der Waals surface area contributed by atoms with E-state index >= 15 is 0 Å². The molecule has 1 aromatic carbocycles. The van der Waals surface area contributed by atoms with Crippen molar-refractivity contribution >= 4 is 21.6 Å². The van der Waals surface area contributed by atoms with Gasteiger partial charge in [-0.15, -0.1) is 0 Å². The van der Waals surface area contributed by atoms with Gasteiger partial charge in [-0.1, -0.05) is 22.0 Å². The first-order chi connectivity index (χ1) is 9.08. The molecule has 0 aromatic heterocycles. The van der Waals surface area contributed by atoms with Crippen molar-refractivity contribution in [3.05, 3.63) is 28.2 Å². The Hall–Kier alpha value is -0.580. The molecule has 19 heavy (non-hydrogen) atoms. The zero-order chi connectivity index (χ0) is 13.8. The van der Waals surface area contributed by atoms with Crippen LogP contribution in [0.25, 0.3) is 0 Å². The quantitative estimate of drug-likeness (QED) is 0.920. The molecule has 0 bridgehead atoms. The lowest BCUT2D eigenvalue weighted by molar-refractivity contribution is 0.0685. The van der Waals surface area contributed by atoms with E-state index in [2.05, 4.69) is 33.9 Å². The normalized spacial score (nSPS) is 18.3. The standard InChI is InChI=1S/C15H22BrNO2/c1-11(18)14-4-3-13(16)9-15(14)17(2)10-12-5-7-19-8-6-12/h3-4,9,11-12,18H,5-8,10H2,1-2H3. The molecule has 1 aromatic rings. The number of aliphatic hydroxyl groups is 1. The monoisotopic (exact) mass is 327 g/mol. The van der Waals surface area contributed by atoms with Gasteiger partial charge in [-0.25, -0.2) is 0 Å². The third kappa shape index (κ3) is 3.94. The van der Waals surface area contributed by atoms with E-state index in [1.807, 2.05) is 19.1 Å². The lowest BCUT2D eigenvalue weighted by Crippen LogP contribution is -2.30. The van der Waals surface area contributed by atoms with E-state index in [-0.39, 0.29) is 0 Å². The summed E-state index contributed by atoms with van der Waals surface area (Å²) in [5.74, 6) is 0.680. The predicted octanol–water partition coefficient (Wildman–Crippen LogP) is 3.37. The largest absolute Gasteiger partial charge is 0.389 e. The maximum atomic E-state index is 9.89. The minimum absolute atomic E-state index is 0.444. The molecule has 1 unspecified atom stereocenters. The number of aliphatic hydroxyl groups excluding tert-OH is 1. The topological polar surface area (TPSA) is 32.7 Å². The highest BCUT2D eigenvalue weighted by Gasteiger charge is 2.18. The van der Waals surface area contributed by atoms with E-state index in [9.17, 15) is 5.11 Å². The van der Waals surface area contributed by atoms with E-state index in [4.69, 9.17) is 4.74 Å². The highest BCUT2D eigenvalue weighted by molar-refractivity contribution is 9.10. The summed E-state index contributed by atoms with van der Waals surface area (Å²) in [5, 5.41) is 9.89. The molecule has 3 nitrogen and oxygen atoms in total. The molecular formula is C15H22BrNO2. The molecule has 1 saturated heterocycles. The summed E-state index contributed by atoms with van der Waals surface area (Å²) in [6.45, 7) is 4.58. The average molecular weight is 328 g/mol. The van der Waals surface area contributed by atoms with E-state index in [0.29, 0.717) is 5.92 Å². The van der Waals surface area contributed by atoms with Crippen LogP contribution in [0.1, 0.15) is 31.4 Å². The van der Waals surface area contributed by atoms with Gasteiger partial charge in [-0.05, 0) is 37.8 Å². The maximum absolute atomic E-state index is 9.89. The highest BCUT2D eigenvalue weighted by atomic mass is 79.9. The van der Waals surface area contributed by atoms with Crippen LogP contribution >= 0.6 is 15.9 Å². The van der Waals surface area contributed by atoms with Crippen molar-refractivity contribution < 1.29 is 9.84 Å². The van der Waals surface area contributed by atoms with Crippen LogP contribution in [0.5, 0.6) is 0 Å². The molecule has 2 rings (SSSR count). The fourth-order valence-electron chi connectivity index (χ4n) is 2.62. The van der Waals surface area contributed by atoms with Crippen molar-refractivity contribution in [3.63, 3.8) is 0 Å². The Morgan fingerprint density at radius 2 is 2.11 bits per heavy atom. The second kappa shape index (κ2) is 6.73. The molecule has 0 amide bonds. The van der Waals surface area contributed by atoms with Crippen molar-refractivity contribution in [3.8, 4) is 0 Å². The summed E-state index contributed by atoms with van der Waals surface area (Å²) >= 11 is 3.51. The number of nitrogens with zero attached hydrogens (tertiary/aromatic N) is 1. The Kier molecular flexibility index (Phi) is 5.25. The predicted molar refractivity (Wildman–Crippen MR) is 81.6 cm³/mol. The van der Waals surface area contributed by atoms with E-state index in [1.165, 1.54) is 0 Å². The molecule has 1 fully saturated rings. The second-order valence-corrected chi connectivity index (χ2v) is 6.23. The smallest absolute Gasteiger partial charge is 0.0782 e. The molecule has 0 spiro atoms. The van der Waals surface area contributed by atoms with E-state index in [1.54, 1.807) is 0 Å². The summed E-state index contributed by atoms with van der Waals surface area (Å²) in [4.78, 5) is 2.25. The van der Waals surface area contributed by atoms with Crippen LogP contribution < -0.4 is 4.90 Å². The van der Waals surface area contributed by atoms with Gasteiger partial charge in [0, 0.05) is 42.5 Å². The molecular weight excluding hydrogens is 306 g/mol. The number of hydrogen-bond donors (Lipinski definition) is 1. The third-order valence-electron chi connectivity index (χ3n) is 3.73. The second-order valence-electron chi connectivity index (χ2n) is 5.32. The highest BCUT2D eigenvalue weighted by Crippen LogP contribution is 2.30. The van der Waals surface area contributed by atoms with Crippen LogP contribution in [0.15, 0.2) is 22.7 Å². The summed E-state index contributed by atoms with van der Waals surface area (Å²) in [5.41, 5.74) is 2.09. The first-order valence-electron chi connectivity index (χ1n) is 6.84. The zero-order valence-electron chi connectivity index (χ0n) is 11.6. The molecule has 1 aliphatic rings. The molecule has 0 radical (unpaired) electrons. The minimum atomic E-state index is -0.444. The third-order valence-corrected chi connectivity index (χ3v) is 4.22. The Morgan fingerprint density at radius 3 is 2.74 bits per heavy atom. The van der Waals surface area contributed by atoms with Gasteiger partial charge in [-0.3, -0.25) is 0 Å². The van der Waals surface area contributed by atoms with Gasteiger partial charge in [0.1, 0.15) is 0 Å². The zero-order valence-corrected chi connectivity index (χ0v) is 13.2. The Bertz CT molecular complexity index is 417. The van der Waals surface area contributed by atoms with E-state index in [0.717, 1.165) is 48.3 Å². The lowest BCUT2D eigenvalue weighted by Gasteiger charge is -2.30. The molecule has 1 heterocycles. The number of benzene rings is 1. The summed E-state index contributed by atoms with van der Waals surface area (Å²) in [6.07, 6.45) is 1.81. The number of anilines is 1. The van der Waals surface area contributed by atoms with Gasteiger partial charge in [0.05, 0.1) is 6.10 Å². The molecule has 0 aliphatic carbocycles. The van der Waals surface area contributed by atoms with Crippen LogP contribution in [0.2, 0.25) is 0 Å². The molecule has 1 aliphatic heterocycles. The van der Waals surface area contributed by atoms with Crippen LogP contribution in [-0.4, -0.2) is 31.9 Å². The van der Waals surface area contributed by atoms with Crippen LogP contribution in [0.4, 0.5) is 5.69 Å². The molecule has 106 valence electrons. The average Bonchev–Trinajstić information content (AvgIpc) is 2.39. The van der Waals surface area contributed by atoms with E-state index < -0.39 is 6.10 Å². The summed E-state index contributed by atoms with van der Waals surface area (Å²) < 4.78 is 6.45. The van der Waals surface area contributed by atoms with Crippen molar-refractivity contribution in [2.75, 3.05) is 31.7 Å². The van der Waals surface area contributed by atoms with Crippen LogP contribution in [-0.2, 0) is 4.74 Å². The number of halogens is 1. The maximum Gasteiger partial charge on any atom is 0.0782 e. The fourth-order valence-corrected chi connectivity index (χ4v) is 2.96.